The van der Waals surface area contributed by atoms with E-state index in [2.05, 4.69) is 11.9 Å². The molecule has 2 rings (SSSR count). The van der Waals surface area contributed by atoms with Gasteiger partial charge in [0, 0.05) is 17.6 Å². The number of alkyl halides is 1. The number of pyridine rings is 1. The molecule has 0 radical (unpaired) electrons. The summed E-state index contributed by atoms with van der Waals surface area (Å²) in [5, 5.41) is 0. The summed E-state index contributed by atoms with van der Waals surface area (Å²) in [6.07, 6.45) is 1.98. The molecule has 0 aliphatic rings. The molecule has 0 N–H and O–H groups in total. The molecule has 0 saturated heterocycles. The molecule has 2 aromatic rings. The Morgan fingerprint density at radius 3 is 2.71 bits per heavy atom. The normalized spacial score (nSPS) is 10.4. The second-order valence-corrected chi connectivity index (χ2v) is 5.10. The maximum atomic E-state index is 5.93. The molecule has 21 heavy (non-hydrogen) atoms. The third-order valence-corrected chi connectivity index (χ3v) is 3.40. The summed E-state index contributed by atoms with van der Waals surface area (Å²) in [7, 11) is 1.66. The van der Waals surface area contributed by atoms with Crippen molar-refractivity contribution in [3.05, 3.63) is 53.2 Å². The standard InChI is InChI=1S/C17H20ClNO2/c1-3-5-15-8-14(11-18)10-17(19-15)21-12-13-6-4-7-16(9-13)20-2/h4,6-10H,3,5,11-12H2,1-2H3. The second-order valence-electron chi connectivity index (χ2n) is 4.83. The lowest BCUT2D eigenvalue weighted by atomic mass is 10.2. The zero-order chi connectivity index (χ0) is 15.1. The van der Waals surface area contributed by atoms with E-state index in [1.807, 2.05) is 36.4 Å². The molecule has 0 fully saturated rings. The molecule has 0 aliphatic carbocycles. The highest BCUT2D eigenvalue weighted by molar-refractivity contribution is 6.17. The molecule has 0 spiro atoms. The van der Waals surface area contributed by atoms with Crippen molar-refractivity contribution in [3.8, 4) is 11.6 Å². The van der Waals surface area contributed by atoms with E-state index >= 15 is 0 Å². The van der Waals surface area contributed by atoms with Crippen LogP contribution in [0.1, 0.15) is 30.2 Å². The number of rotatable bonds is 7. The van der Waals surface area contributed by atoms with Crippen LogP contribution in [0.15, 0.2) is 36.4 Å². The van der Waals surface area contributed by atoms with E-state index in [4.69, 9.17) is 21.1 Å². The van der Waals surface area contributed by atoms with Crippen LogP contribution in [-0.4, -0.2) is 12.1 Å². The van der Waals surface area contributed by atoms with E-state index < -0.39 is 0 Å². The van der Waals surface area contributed by atoms with Crippen LogP contribution in [0.3, 0.4) is 0 Å². The average Bonchev–Trinajstić information content (AvgIpc) is 2.53. The Bertz CT molecular complexity index is 587. The predicted molar refractivity (Wildman–Crippen MR) is 85.1 cm³/mol. The van der Waals surface area contributed by atoms with Crippen molar-refractivity contribution in [2.24, 2.45) is 0 Å². The van der Waals surface area contributed by atoms with Crippen molar-refractivity contribution in [3.63, 3.8) is 0 Å². The van der Waals surface area contributed by atoms with Crippen molar-refractivity contribution in [2.45, 2.75) is 32.3 Å². The smallest absolute Gasteiger partial charge is 0.214 e. The van der Waals surface area contributed by atoms with Crippen molar-refractivity contribution in [1.82, 2.24) is 4.98 Å². The van der Waals surface area contributed by atoms with E-state index in [0.29, 0.717) is 18.4 Å². The number of hydrogen-bond donors (Lipinski definition) is 0. The fourth-order valence-electron chi connectivity index (χ4n) is 2.08. The molecule has 0 amide bonds. The van der Waals surface area contributed by atoms with Crippen molar-refractivity contribution in [2.75, 3.05) is 7.11 Å². The van der Waals surface area contributed by atoms with Gasteiger partial charge in [-0.15, -0.1) is 11.6 Å². The number of methoxy groups -OCH3 is 1. The Kier molecular flexibility index (Phi) is 5.88. The Morgan fingerprint density at radius 2 is 2.00 bits per heavy atom. The summed E-state index contributed by atoms with van der Waals surface area (Å²) in [4.78, 5) is 4.52. The van der Waals surface area contributed by atoms with Gasteiger partial charge in [-0.3, -0.25) is 0 Å². The first-order valence-corrected chi connectivity index (χ1v) is 7.60. The molecule has 3 nitrogen and oxygen atoms in total. The minimum atomic E-state index is 0.460. The Balaban J connectivity index is 2.09. The first-order chi connectivity index (χ1) is 10.2. The van der Waals surface area contributed by atoms with Crippen LogP contribution >= 0.6 is 11.6 Å². The number of aryl methyl sites for hydroxylation is 1. The minimum absolute atomic E-state index is 0.460. The first kappa shape index (κ1) is 15.6. The van der Waals surface area contributed by atoms with Gasteiger partial charge in [0.2, 0.25) is 5.88 Å². The van der Waals surface area contributed by atoms with Crippen LogP contribution < -0.4 is 9.47 Å². The molecule has 4 heteroatoms. The van der Waals surface area contributed by atoms with Crippen LogP contribution in [-0.2, 0) is 18.9 Å². The Morgan fingerprint density at radius 1 is 1.14 bits per heavy atom. The van der Waals surface area contributed by atoms with E-state index in [-0.39, 0.29) is 0 Å². The maximum absolute atomic E-state index is 5.93. The zero-order valence-corrected chi connectivity index (χ0v) is 13.2. The van der Waals surface area contributed by atoms with Gasteiger partial charge < -0.3 is 9.47 Å². The Hall–Kier alpha value is -1.74. The second kappa shape index (κ2) is 7.89. The molecular formula is C17H20ClNO2. The molecule has 1 heterocycles. The fourth-order valence-corrected chi connectivity index (χ4v) is 2.23. The monoisotopic (exact) mass is 305 g/mol. The molecule has 0 bridgehead atoms. The molecule has 1 aromatic carbocycles. The third kappa shape index (κ3) is 4.64. The highest BCUT2D eigenvalue weighted by Crippen LogP contribution is 2.18. The van der Waals surface area contributed by atoms with Gasteiger partial charge in [-0.25, -0.2) is 4.98 Å². The zero-order valence-electron chi connectivity index (χ0n) is 12.4. The molecule has 0 atom stereocenters. The SMILES string of the molecule is CCCc1cc(CCl)cc(OCc2cccc(OC)c2)n1. The van der Waals surface area contributed by atoms with Gasteiger partial charge in [0.1, 0.15) is 12.4 Å². The van der Waals surface area contributed by atoms with Gasteiger partial charge in [-0.2, -0.15) is 0 Å². The average molecular weight is 306 g/mol. The van der Waals surface area contributed by atoms with E-state index in [9.17, 15) is 0 Å². The number of benzene rings is 1. The lowest BCUT2D eigenvalue weighted by molar-refractivity contribution is 0.292. The summed E-state index contributed by atoms with van der Waals surface area (Å²) in [6.45, 7) is 2.59. The molecule has 0 saturated carbocycles. The van der Waals surface area contributed by atoms with Crippen LogP contribution in [0.4, 0.5) is 0 Å². The quantitative estimate of drug-likeness (QED) is 0.712. The molecule has 0 aliphatic heterocycles. The van der Waals surface area contributed by atoms with Crippen LogP contribution in [0.5, 0.6) is 11.6 Å². The largest absolute Gasteiger partial charge is 0.497 e. The van der Waals surface area contributed by atoms with Gasteiger partial charge in [-0.05, 0) is 35.7 Å². The van der Waals surface area contributed by atoms with E-state index in [0.717, 1.165) is 35.4 Å². The van der Waals surface area contributed by atoms with E-state index in [1.54, 1.807) is 7.11 Å². The number of hydrogen-bond acceptors (Lipinski definition) is 3. The lowest BCUT2D eigenvalue weighted by Crippen LogP contribution is -2.01. The molecule has 1 aromatic heterocycles. The van der Waals surface area contributed by atoms with Gasteiger partial charge in [0.25, 0.3) is 0 Å². The summed E-state index contributed by atoms with van der Waals surface area (Å²) in [5.74, 6) is 1.92. The number of aromatic nitrogens is 1. The molecule has 0 unspecified atom stereocenters. The summed E-state index contributed by atoms with van der Waals surface area (Å²) < 4.78 is 11.0. The topological polar surface area (TPSA) is 31.4 Å². The fraction of sp³-hybridized carbons (Fsp3) is 0.353. The highest BCUT2D eigenvalue weighted by atomic mass is 35.5. The number of nitrogens with zero attached hydrogens (tertiary/aromatic N) is 1. The highest BCUT2D eigenvalue weighted by Gasteiger charge is 2.04. The third-order valence-electron chi connectivity index (χ3n) is 3.10. The van der Waals surface area contributed by atoms with Crippen LogP contribution in [0, 0.1) is 0 Å². The lowest BCUT2D eigenvalue weighted by Gasteiger charge is -2.10. The van der Waals surface area contributed by atoms with Gasteiger partial charge in [0.05, 0.1) is 7.11 Å². The van der Waals surface area contributed by atoms with E-state index in [1.165, 1.54) is 0 Å². The van der Waals surface area contributed by atoms with Crippen LogP contribution in [0.2, 0.25) is 0 Å². The predicted octanol–water partition coefficient (Wildman–Crippen LogP) is 4.36. The maximum Gasteiger partial charge on any atom is 0.214 e. The van der Waals surface area contributed by atoms with Crippen molar-refractivity contribution in [1.29, 1.82) is 0 Å². The van der Waals surface area contributed by atoms with Crippen molar-refractivity contribution < 1.29 is 9.47 Å². The summed E-state index contributed by atoms with van der Waals surface area (Å²) >= 11 is 5.93. The van der Waals surface area contributed by atoms with Crippen LogP contribution in [0.25, 0.3) is 0 Å². The summed E-state index contributed by atoms with van der Waals surface area (Å²) in [6, 6.07) is 11.7. The molecule has 112 valence electrons. The van der Waals surface area contributed by atoms with Gasteiger partial charge >= 0.3 is 0 Å². The van der Waals surface area contributed by atoms with Crippen molar-refractivity contribution >= 4 is 11.6 Å². The first-order valence-electron chi connectivity index (χ1n) is 7.06. The molecular weight excluding hydrogens is 286 g/mol. The number of ether oxygens (including phenoxy) is 2. The number of halogens is 1. The van der Waals surface area contributed by atoms with Gasteiger partial charge in [0.15, 0.2) is 0 Å². The van der Waals surface area contributed by atoms with Gasteiger partial charge in [-0.1, -0.05) is 25.5 Å². The summed E-state index contributed by atoms with van der Waals surface area (Å²) in [5.41, 5.74) is 3.11. The minimum Gasteiger partial charge on any atom is -0.497 e. The Labute approximate surface area is 130 Å².